The van der Waals surface area contributed by atoms with Crippen LogP contribution in [0.3, 0.4) is 0 Å². The first kappa shape index (κ1) is 20.4. The van der Waals surface area contributed by atoms with Crippen LogP contribution < -0.4 is 0 Å². The van der Waals surface area contributed by atoms with Gasteiger partial charge in [0, 0.05) is 5.56 Å². The molecule has 0 saturated carbocycles. The number of aryl methyl sites for hydroxylation is 1. The zero-order chi connectivity index (χ0) is 20.8. The lowest BCUT2D eigenvalue weighted by molar-refractivity contribution is -0.234. The first-order chi connectivity index (χ1) is 13.7. The van der Waals surface area contributed by atoms with Gasteiger partial charge in [-0.25, -0.2) is 4.39 Å². The fourth-order valence-electron chi connectivity index (χ4n) is 3.46. The van der Waals surface area contributed by atoms with Crippen molar-refractivity contribution >= 4 is 10.1 Å². The van der Waals surface area contributed by atoms with Crippen LogP contribution in [0.4, 0.5) is 4.39 Å². The molecule has 0 bridgehead atoms. The summed E-state index contributed by atoms with van der Waals surface area (Å²) in [6.07, 6.45) is -4.07. The fraction of sp³-hybridized carbons (Fsp3) is 0.400. The summed E-state index contributed by atoms with van der Waals surface area (Å²) in [5, 5.41) is 10.5. The third kappa shape index (κ3) is 3.81. The van der Waals surface area contributed by atoms with E-state index in [-0.39, 0.29) is 10.5 Å². The summed E-state index contributed by atoms with van der Waals surface area (Å²) in [6, 6.07) is 12.2. The van der Waals surface area contributed by atoms with Crippen LogP contribution in [0.5, 0.6) is 0 Å². The van der Waals surface area contributed by atoms with Gasteiger partial charge in [-0.15, -0.1) is 0 Å². The number of fused-ring (bicyclic) bond motifs is 1. The highest BCUT2D eigenvalue weighted by molar-refractivity contribution is 7.86. The SMILES string of the molecule is Cc1ccc(S(=O)(=O)OC[C@H]2O[C@@H]3OC(C)(c4ccccc4F)O[C@@H]3[C@H]2O)cc1. The Morgan fingerprint density at radius 1 is 1.14 bits per heavy atom. The van der Waals surface area contributed by atoms with Gasteiger partial charge in [0.25, 0.3) is 10.1 Å². The Labute approximate surface area is 168 Å². The molecule has 2 aliphatic heterocycles. The third-order valence-corrected chi connectivity index (χ3v) is 6.35. The van der Waals surface area contributed by atoms with Crippen LogP contribution >= 0.6 is 0 Å². The highest BCUT2D eigenvalue weighted by Gasteiger charge is 2.57. The second-order valence-corrected chi connectivity index (χ2v) is 8.83. The largest absolute Gasteiger partial charge is 0.387 e. The van der Waals surface area contributed by atoms with Crippen molar-refractivity contribution in [2.75, 3.05) is 6.61 Å². The lowest BCUT2D eigenvalue weighted by Gasteiger charge is -2.27. The zero-order valence-electron chi connectivity index (χ0n) is 15.8. The molecule has 5 atom stereocenters. The fourth-order valence-corrected chi connectivity index (χ4v) is 4.37. The van der Waals surface area contributed by atoms with Gasteiger partial charge >= 0.3 is 0 Å². The molecule has 2 fully saturated rings. The van der Waals surface area contributed by atoms with E-state index in [0.29, 0.717) is 0 Å². The van der Waals surface area contributed by atoms with E-state index < -0.39 is 52.9 Å². The van der Waals surface area contributed by atoms with E-state index in [9.17, 15) is 17.9 Å². The lowest BCUT2D eigenvalue weighted by atomic mass is 10.1. The summed E-state index contributed by atoms with van der Waals surface area (Å²) in [5.74, 6) is -1.94. The summed E-state index contributed by atoms with van der Waals surface area (Å²) in [4.78, 5) is 0.00964. The van der Waals surface area contributed by atoms with Crippen LogP contribution in [0.1, 0.15) is 18.1 Å². The van der Waals surface area contributed by atoms with Gasteiger partial charge in [-0.3, -0.25) is 4.18 Å². The van der Waals surface area contributed by atoms with E-state index in [1.807, 2.05) is 6.92 Å². The van der Waals surface area contributed by atoms with Gasteiger partial charge in [0.05, 0.1) is 11.5 Å². The van der Waals surface area contributed by atoms with Crippen LogP contribution in [0.25, 0.3) is 0 Å². The highest BCUT2D eigenvalue weighted by atomic mass is 32.2. The molecule has 4 rings (SSSR count). The standard InChI is InChI=1S/C20H21FO7S/c1-12-7-9-13(10-8-12)29(23,24)25-11-16-17(22)18-19(26-16)28-20(2,27-18)14-5-3-4-6-15(14)21/h3-10,16-19,22H,11H2,1-2H3/t16-,17+,18-,19-,20?/m1/s1. The molecule has 0 amide bonds. The minimum Gasteiger partial charge on any atom is -0.387 e. The normalized spacial score (nSPS) is 31.7. The molecule has 1 N–H and O–H groups in total. The van der Waals surface area contributed by atoms with Gasteiger partial charge in [-0.2, -0.15) is 8.42 Å². The lowest BCUT2D eigenvalue weighted by Crippen LogP contribution is -2.37. The molecule has 2 aliphatic rings. The Bertz CT molecular complexity index is 994. The summed E-state index contributed by atoms with van der Waals surface area (Å²) >= 11 is 0. The minimum atomic E-state index is -4.01. The van der Waals surface area contributed by atoms with Gasteiger partial charge in [-0.1, -0.05) is 35.9 Å². The predicted molar refractivity (Wildman–Crippen MR) is 98.7 cm³/mol. The molecule has 2 heterocycles. The van der Waals surface area contributed by atoms with Crippen molar-refractivity contribution in [2.45, 2.75) is 49.1 Å². The van der Waals surface area contributed by atoms with Gasteiger partial charge in [0.15, 0.2) is 12.1 Å². The van der Waals surface area contributed by atoms with Crippen molar-refractivity contribution in [1.82, 2.24) is 0 Å². The van der Waals surface area contributed by atoms with Crippen molar-refractivity contribution in [3.8, 4) is 0 Å². The van der Waals surface area contributed by atoms with Crippen molar-refractivity contribution < 1.29 is 36.3 Å². The minimum absolute atomic E-state index is 0.00964. The number of benzene rings is 2. The Kier molecular flexibility index (Phi) is 5.22. The zero-order valence-corrected chi connectivity index (χ0v) is 16.6. The van der Waals surface area contributed by atoms with Gasteiger partial charge in [-0.05, 0) is 32.0 Å². The molecule has 0 spiro atoms. The molecule has 29 heavy (non-hydrogen) atoms. The molecule has 2 aromatic rings. The van der Waals surface area contributed by atoms with Crippen LogP contribution in [0, 0.1) is 12.7 Å². The van der Waals surface area contributed by atoms with E-state index in [1.54, 1.807) is 24.3 Å². The quantitative estimate of drug-likeness (QED) is 0.736. The number of rotatable bonds is 5. The van der Waals surface area contributed by atoms with E-state index in [0.717, 1.165) is 5.56 Å². The molecule has 0 aliphatic carbocycles. The summed E-state index contributed by atoms with van der Waals surface area (Å²) < 4.78 is 60.9. The van der Waals surface area contributed by atoms with E-state index >= 15 is 0 Å². The second-order valence-electron chi connectivity index (χ2n) is 7.21. The monoisotopic (exact) mass is 424 g/mol. The van der Waals surface area contributed by atoms with Crippen LogP contribution in [0.2, 0.25) is 0 Å². The molecule has 0 aromatic heterocycles. The topological polar surface area (TPSA) is 91.3 Å². The molecule has 156 valence electrons. The van der Waals surface area contributed by atoms with Gasteiger partial charge in [0.1, 0.15) is 24.1 Å². The third-order valence-electron chi connectivity index (χ3n) is 5.06. The maximum atomic E-state index is 14.1. The van der Waals surface area contributed by atoms with E-state index in [4.69, 9.17) is 18.4 Å². The Balaban J connectivity index is 1.42. The smallest absolute Gasteiger partial charge is 0.297 e. The Morgan fingerprint density at radius 3 is 2.48 bits per heavy atom. The van der Waals surface area contributed by atoms with Crippen LogP contribution in [-0.4, -0.2) is 44.7 Å². The number of hydrogen-bond acceptors (Lipinski definition) is 7. The maximum Gasteiger partial charge on any atom is 0.297 e. The molecular formula is C20H21FO7S. The molecule has 1 unspecified atom stereocenters. The van der Waals surface area contributed by atoms with Crippen molar-refractivity contribution in [1.29, 1.82) is 0 Å². The first-order valence-corrected chi connectivity index (χ1v) is 10.5. The van der Waals surface area contributed by atoms with Gasteiger partial charge in [0.2, 0.25) is 0 Å². The average Bonchev–Trinajstić information content (AvgIpc) is 3.15. The summed E-state index contributed by atoms with van der Waals surface area (Å²) in [6.45, 7) is 2.97. The Hall–Kier alpha value is -1.88. The van der Waals surface area contributed by atoms with Crippen molar-refractivity contribution in [3.05, 3.63) is 65.5 Å². The summed E-state index contributed by atoms with van der Waals surface area (Å²) in [7, 11) is -4.01. The van der Waals surface area contributed by atoms with Crippen molar-refractivity contribution in [2.24, 2.45) is 0 Å². The number of aliphatic hydroxyl groups is 1. The average molecular weight is 424 g/mol. The Morgan fingerprint density at radius 2 is 1.83 bits per heavy atom. The molecule has 7 nitrogen and oxygen atoms in total. The van der Waals surface area contributed by atoms with Crippen LogP contribution in [-0.2, 0) is 34.3 Å². The van der Waals surface area contributed by atoms with E-state index in [1.165, 1.54) is 31.2 Å². The highest BCUT2D eigenvalue weighted by Crippen LogP contribution is 2.43. The maximum absolute atomic E-state index is 14.1. The molecule has 0 radical (unpaired) electrons. The second kappa shape index (κ2) is 7.42. The van der Waals surface area contributed by atoms with Crippen molar-refractivity contribution in [3.63, 3.8) is 0 Å². The van der Waals surface area contributed by atoms with Crippen LogP contribution in [0.15, 0.2) is 53.4 Å². The first-order valence-electron chi connectivity index (χ1n) is 9.10. The molecule has 2 saturated heterocycles. The molecule has 2 aromatic carbocycles. The van der Waals surface area contributed by atoms with Gasteiger partial charge < -0.3 is 19.3 Å². The number of ether oxygens (including phenoxy) is 3. The molecule has 9 heteroatoms. The number of aliphatic hydroxyl groups excluding tert-OH is 1. The molecular weight excluding hydrogens is 403 g/mol. The number of hydrogen-bond donors (Lipinski definition) is 1. The van der Waals surface area contributed by atoms with E-state index in [2.05, 4.69) is 0 Å². The summed E-state index contributed by atoms with van der Waals surface area (Å²) in [5.41, 5.74) is 1.10. The predicted octanol–water partition coefficient (Wildman–Crippen LogP) is 2.21. The number of halogens is 1.